The van der Waals surface area contributed by atoms with Crippen LogP contribution >= 0.6 is 0 Å². The Kier molecular flexibility index (Phi) is 5.87. The van der Waals surface area contributed by atoms with E-state index in [0.29, 0.717) is 6.54 Å². The maximum absolute atomic E-state index is 13.7. The number of carbonyl (C=O) groups is 1. The minimum absolute atomic E-state index is 0.174. The molecule has 1 saturated heterocycles. The second-order valence-electron chi connectivity index (χ2n) is 6.11. The van der Waals surface area contributed by atoms with Gasteiger partial charge < -0.3 is 10.2 Å². The van der Waals surface area contributed by atoms with E-state index in [9.17, 15) is 19.3 Å². The van der Waals surface area contributed by atoms with Crippen LogP contribution in [0.2, 0.25) is 0 Å². The normalized spacial score (nSPS) is 14.8. The molecule has 0 atom stereocenters. The number of hydrogen-bond acceptors (Lipinski definition) is 7. The number of rotatable bonds is 6. The van der Waals surface area contributed by atoms with Crippen LogP contribution in [-0.4, -0.2) is 58.4 Å². The van der Waals surface area contributed by atoms with Crippen LogP contribution in [0.3, 0.4) is 0 Å². The van der Waals surface area contributed by atoms with E-state index in [4.69, 9.17) is 0 Å². The van der Waals surface area contributed by atoms with E-state index >= 15 is 0 Å². The summed E-state index contributed by atoms with van der Waals surface area (Å²) in [6.45, 7) is 3.63. The molecule has 1 aliphatic heterocycles. The number of nitrogens with one attached hydrogen (secondary N) is 1. The lowest BCUT2D eigenvalue weighted by atomic mass is 10.2. The van der Waals surface area contributed by atoms with Crippen LogP contribution in [0.1, 0.15) is 6.42 Å². The number of amides is 1. The Morgan fingerprint density at radius 2 is 2.04 bits per heavy atom. The molecule has 1 amide bonds. The van der Waals surface area contributed by atoms with Gasteiger partial charge in [-0.2, -0.15) is 0 Å². The van der Waals surface area contributed by atoms with Gasteiger partial charge in [-0.25, -0.2) is 9.37 Å². The second kappa shape index (κ2) is 8.49. The number of hydrogen-bond donors (Lipinski definition) is 1. The van der Waals surface area contributed by atoms with Gasteiger partial charge in [0, 0.05) is 63.7 Å². The van der Waals surface area contributed by atoms with Crippen molar-refractivity contribution < 1.29 is 14.1 Å². The molecule has 142 valence electrons. The molecular weight excluding hydrogens is 355 g/mol. The number of carbonyl (C=O) groups excluding carboxylic acids is 1. The summed E-state index contributed by atoms with van der Waals surface area (Å²) in [5, 5.41) is 13.2. The fourth-order valence-corrected chi connectivity index (χ4v) is 2.85. The highest BCUT2D eigenvalue weighted by molar-refractivity contribution is 5.91. The smallest absolute Gasteiger partial charge is 0.271 e. The van der Waals surface area contributed by atoms with Gasteiger partial charge in [0.05, 0.1) is 16.8 Å². The Balaban J connectivity index is 1.46. The third-order valence-corrected chi connectivity index (χ3v) is 4.34. The highest BCUT2D eigenvalue weighted by Crippen LogP contribution is 2.21. The largest absolute Gasteiger partial charge is 0.353 e. The molecule has 1 aromatic carbocycles. The summed E-state index contributed by atoms with van der Waals surface area (Å²) in [6, 6.07) is 3.05. The van der Waals surface area contributed by atoms with E-state index in [1.54, 1.807) is 18.6 Å². The molecule has 10 heteroatoms. The van der Waals surface area contributed by atoms with Crippen molar-refractivity contribution in [3.63, 3.8) is 0 Å². The number of aromatic nitrogens is 2. The van der Waals surface area contributed by atoms with Crippen molar-refractivity contribution in [1.82, 2.24) is 14.9 Å². The van der Waals surface area contributed by atoms with E-state index in [-0.39, 0.29) is 23.7 Å². The predicted octanol–water partition coefficient (Wildman–Crippen LogP) is 1.67. The number of anilines is 2. The number of piperazine rings is 1. The quantitative estimate of drug-likeness (QED) is 0.606. The third-order valence-electron chi connectivity index (χ3n) is 4.34. The molecule has 0 radical (unpaired) electrons. The minimum atomic E-state index is -0.702. The molecule has 1 aromatic heterocycles. The lowest BCUT2D eigenvalue weighted by Crippen LogP contribution is -2.47. The summed E-state index contributed by atoms with van der Waals surface area (Å²) in [5.74, 6) is -0.256. The number of benzene rings is 1. The molecule has 9 nitrogen and oxygen atoms in total. The Morgan fingerprint density at radius 3 is 2.70 bits per heavy atom. The number of nitrogens with zero attached hydrogens (tertiary/aromatic N) is 5. The number of non-ortho nitro benzene ring substituents is 1. The van der Waals surface area contributed by atoms with Crippen LogP contribution in [0.4, 0.5) is 21.6 Å². The molecule has 0 bridgehead atoms. The Bertz CT molecular complexity index is 812. The molecule has 0 saturated carbocycles. The topological polar surface area (TPSA) is 104 Å². The molecule has 1 aliphatic rings. The Morgan fingerprint density at radius 1 is 1.26 bits per heavy atom. The zero-order valence-electron chi connectivity index (χ0n) is 14.5. The Labute approximate surface area is 155 Å². The summed E-state index contributed by atoms with van der Waals surface area (Å²) in [6.07, 6.45) is 5.17. The van der Waals surface area contributed by atoms with E-state index in [2.05, 4.69) is 25.1 Å². The molecule has 0 spiro atoms. The maximum atomic E-state index is 13.7. The average molecular weight is 374 g/mol. The van der Waals surface area contributed by atoms with Crippen molar-refractivity contribution >= 4 is 23.1 Å². The van der Waals surface area contributed by atoms with E-state index in [1.165, 1.54) is 0 Å². The molecule has 3 rings (SSSR count). The molecule has 0 unspecified atom stereocenters. The van der Waals surface area contributed by atoms with E-state index < -0.39 is 10.7 Å². The summed E-state index contributed by atoms with van der Waals surface area (Å²) >= 11 is 0. The molecule has 0 aliphatic carbocycles. The van der Waals surface area contributed by atoms with Crippen molar-refractivity contribution in [2.75, 3.05) is 42.9 Å². The highest BCUT2D eigenvalue weighted by atomic mass is 19.1. The molecule has 27 heavy (non-hydrogen) atoms. The van der Waals surface area contributed by atoms with Crippen LogP contribution in [0.15, 0.2) is 36.8 Å². The first-order valence-corrected chi connectivity index (χ1v) is 8.50. The molecule has 1 fully saturated rings. The fourth-order valence-electron chi connectivity index (χ4n) is 2.85. The molecular formula is C17H19FN6O3. The summed E-state index contributed by atoms with van der Waals surface area (Å²) in [5.41, 5.74) is -0.450. The molecule has 2 heterocycles. The highest BCUT2D eigenvalue weighted by Gasteiger charge is 2.19. The SMILES string of the molecule is O=C(CCN1CCN(c2cnccn2)CC1)Nc1cc([N+](=O)[O-])ccc1F. The van der Waals surface area contributed by atoms with Crippen LogP contribution in [0, 0.1) is 15.9 Å². The minimum Gasteiger partial charge on any atom is -0.353 e. The van der Waals surface area contributed by atoms with Crippen molar-refractivity contribution in [3.05, 3.63) is 52.7 Å². The van der Waals surface area contributed by atoms with Crippen molar-refractivity contribution in [2.45, 2.75) is 6.42 Å². The van der Waals surface area contributed by atoms with Crippen LogP contribution < -0.4 is 10.2 Å². The number of nitro groups is 1. The standard InChI is InChI=1S/C17H19FN6O3/c18-14-2-1-13(24(26)27)11-15(14)21-17(25)3-6-22-7-9-23(10-8-22)16-12-19-4-5-20-16/h1-2,4-5,11-12H,3,6-10H2,(H,21,25). The van der Waals surface area contributed by atoms with Gasteiger partial charge in [-0.3, -0.25) is 24.8 Å². The van der Waals surface area contributed by atoms with E-state index in [0.717, 1.165) is 50.2 Å². The average Bonchev–Trinajstić information content (AvgIpc) is 2.69. The maximum Gasteiger partial charge on any atom is 0.271 e. The van der Waals surface area contributed by atoms with Gasteiger partial charge in [0.15, 0.2) is 0 Å². The lowest BCUT2D eigenvalue weighted by Gasteiger charge is -2.35. The number of nitro benzene ring substituents is 1. The summed E-state index contributed by atoms with van der Waals surface area (Å²) in [7, 11) is 0. The predicted molar refractivity (Wildman–Crippen MR) is 97.0 cm³/mol. The van der Waals surface area contributed by atoms with Gasteiger partial charge in [0.1, 0.15) is 11.6 Å². The van der Waals surface area contributed by atoms with Gasteiger partial charge in [-0.15, -0.1) is 0 Å². The van der Waals surface area contributed by atoms with Gasteiger partial charge in [0.2, 0.25) is 5.91 Å². The zero-order valence-corrected chi connectivity index (χ0v) is 14.5. The number of halogens is 1. The van der Waals surface area contributed by atoms with Gasteiger partial charge in [-0.1, -0.05) is 0 Å². The monoisotopic (exact) mass is 374 g/mol. The fraction of sp³-hybridized carbons (Fsp3) is 0.353. The second-order valence-corrected chi connectivity index (χ2v) is 6.11. The van der Waals surface area contributed by atoms with Gasteiger partial charge >= 0.3 is 0 Å². The van der Waals surface area contributed by atoms with E-state index in [1.807, 2.05) is 0 Å². The first kappa shape index (κ1) is 18.6. The molecule has 1 N–H and O–H groups in total. The van der Waals surface area contributed by atoms with Crippen molar-refractivity contribution in [3.8, 4) is 0 Å². The van der Waals surface area contributed by atoms with Crippen LogP contribution in [-0.2, 0) is 4.79 Å². The van der Waals surface area contributed by atoms with Gasteiger partial charge in [-0.05, 0) is 6.07 Å². The van der Waals surface area contributed by atoms with Crippen LogP contribution in [0.25, 0.3) is 0 Å². The third kappa shape index (κ3) is 4.94. The summed E-state index contributed by atoms with van der Waals surface area (Å²) in [4.78, 5) is 34.8. The van der Waals surface area contributed by atoms with Crippen LogP contribution in [0.5, 0.6) is 0 Å². The first-order chi connectivity index (χ1) is 13.0. The van der Waals surface area contributed by atoms with Crippen molar-refractivity contribution in [1.29, 1.82) is 0 Å². The Hall–Kier alpha value is -3.14. The zero-order chi connectivity index (χ0) is 19.2. The first-order valence-electron chi connectivity index (χ1n) is 8.50. The summed E-state index contributed by atoms with van der Waals surface area (Å²) < 4.78 is 13.7. The van der Waals surface area contributed by atoms with Gasteiger partial charge in [0.25, 0.3) is 5.69 Å². The molecule has 2 aromatic rings. The lowest BCUT2D eigenvalue weighted by molar-refractivity contribution is -0.384. The van der Waals surface area contributed by atoms with Crippen molar-refractivity contribution in [2.24, 2.45) is 0 Å².